The standard InChI is InChI=1S/C23H17N3O3/c27-22-16-15-21(25-26(22)18-7-3-1-4-8-18)23(28)24-17-11-13-20(14-12-17)29-19-9-5-2-6-10-19/h1-16H,(H,24,28). The molecule has 142 valence electrons. The van der Waals surface area contributed by atoms with E-state index in [-0.39, 0.29) is 11.3 Å². The van der Waals surface area contributed by atoms with Crippen molar-refractivity contribution in [1.82, 2.24) is 9.78 Å². The normalized spacial score (nSPS) is 10.3. The summed E-state index contributed by atoms with van der Waals surface area (Å²) in [5.41, 5.74) is 1.01. The summed E-state index contributed by atoms with van der Waals surface area (Å²) in [5, 5.41) is 6.95. The smallest absolute Gasteiger partial charge is 0.276 e. The van der Waals surface area contributed by atoms with Gasteiger partial charge in [0, 0.05) is 11.8 Å². The zero-order valence-corrected chi connectivity index (χ0v) is 15.4. The van der Waals surface area contributed by atoms with Crippen molar-refractivity contribution >= 4 is 11.6 Å². The maximum atomic E-state index is 12.6. The van der Waals surface area contributed by atoms with E-state index < -0.39 is 5.91 Å². The third-order valence-corrected chi connectivity index (χ3v) is 4.12. The Kier molecular flexibility index (Phi) is 5.16. The summed E-state index contributed by atoms with van der Waals surface area (Å²) >= 11 is 0. The van der Waals surface area contributed by atoms with Gasteiger partial charge in [0.25, 0.3) is 11.5 Å². The molecule has 0 aliphatic heterocycles. The van der Waals surface area contributed by atoms with Crippen molar-refractivity contribution in [2.24, 2.45) is 0 Å². The molecule has 0 atom stereocenters. The number of nitrogens with zero attached hydrogens (tertiary/aromatic N) is 2. The largest absolute Gasteiger partial charge is 0.457 e. The summed E-state index contributed by atoms with van der Waals surface area (Å²) in [6.07, 6.45) is 0. The topological polar surface area (TPSA) is 73.2 Å². The Morgan fingerprint density at radius 2 is 1.38 bits per heavy atom. The van der Waals surface area contributed by atoms with Crippen LogP contribution >= 0.6 is 0 Å². The van der Waals surface area contributed by atoms with E-state index in [4.69, 9.17) is 4.74 Å². The lowest BCUT2D eigenvalue weighted by atomic mass is 10.2. The van der Waals surface area contributed by atoms with Gasteiger partial charge in [-0.2, -0.15) is 9.78 Å². The lowest BCUT2D eigenvalue weighted by molar-refractivity contribution is 0.102. The van der Waals surface area contributed by atoms with E-state index in [9.17, 15) is 9.59 Å². The lowest BCUT2D eigenvalue weighted by Crippen LogP contribution is -2.24. The maximum Gasteiger partial charge on any atom is 0.276 e. The molecular formula is C23H17N3O3. The molecule has 29 heavy (non-hydrogen) atoms. The monoisotopic (exact) mass is 383 g/mol. The fourth-order valence-corrected chi connectivity index (χ4v) is 2.71. The molecule has 6 heteroatoms. The van der Waals surface area contributed by atoms with E-state index in [1.165, 1.54) is 16.8 Å². The number of para-hydroxylation sites is 2. The first-order valence-electron chi connectivity index (χ1n) is 8.99. The van der Waals surface area contributed by atoms with E-state index >= 15 is 0 Å². The van der Waals surface area contributed by atoms with Crippen molar-refractivity contribution < 1.29 is 9.53 Å². The molecule has 1 aromatic heterocycles. The Morgan fingerprint density at radius 3 is 2.07 bits per heavy atom. The molecule has 4 aromatic rings. The van der Waals surface area contributed by atoms with Crippen LogP contribution in [0.4, 0.5) is 5.69 Å². The minimum absolute atomic E-state index is 0.137. The van der Waals surface area contributed by atoms with Crippen LogP contribution < -0.4 is 15.6 Å². The summed E-state index contributed by atoms with van der Waals surface area (Å²) in [7, 11) is 0. The first-order chi connectivity index (χ1) is 14.2. The summed E-state index contributed by atoms with van der Waals surface area (Å²) in [5.74, 6) is 0.980. The lowest BCUT2D eigenvalue weighted by Gasteiger charge is -2.09. The van der Waals surface area contributed by atoms with E-state index in [0.717, 1.165) is 5.75 Å². The second-order valence-corrected chi connectivity index (χ2v) is 6.20. The van der Waals surface area contributed by atoms with Gasteiger partial charge in [0.15, 0.2) is 0 Å². The summed E-state index contributed by atoms with van der Waals surface area (Å²) in [4.78, 5) is 24.7. The molecule has 3 aromatic carbocycles. The molecule has 0 fully saturated rings. The molecule has 0 bridgehead atoms. The molecule has 0 saturated heterocycles. The second kappa shape index (κ2) is 8.22. The van der Waals surface area contributed by atoms with E-state index in [1.807, 2.05) is 36.4 Å². The van der Waals surface area contributed by atoms with Gasteiger partial charge < -0.3 is 10.1 Å². The molecule has 0 unspecified atom stereocenters. The summed E-state index contributed by atoms with van der Waals surface area (Å²) < 4.78 is 6.94. The first-order valence-corrected chi connectivity index (χ1v) is 8.99. The predicted octanol–water partition coefficient (Wildman–Crippen LogP) is 4.28. The molecule has 4 rings (SSSR count). The molecule has 6 nitrogen and oxygen atoms in total. The molecule has 0 spiro atoms. The SMILES string of the molecule is O=C(Nc1ccc(Oc2ccccc2)cc1)c1ccc(=O)n(-c2ccccc2)n1. The number of anilines is 1. The fraction of sp³-hybridized carbons (Fsp3) is 0. The number of carbonyl (C=O) groups excluding carboxylic acids is 1. The molecule has 1 amide bonds. The average Bonchev–Trinajstić information content (AvgIpc) is 2.77. The van der Waals surface area contributed by atoms with Crippen LogP contribution in [0.15, 0.2) is 102 Å². The minimum Gasteiger partial charge on any atom is -0.457 e. The third kappa shape index (κ3) is 4.39. The highest BCUT2D eigenvalue weighted by atomic mass is 16.5. The highest BCUT2D eigenvalue weighted by molar-refractivity contribution is 6.02. The highest BCUT2D eigenvalue weighted by Crippen LogP contribution is 2.22. The van der Waals surface area contributed by atoms with Crippen molar-refractivity contribution in [3.05, 3.63) is 113 Å². The second-order valence-electron chi connectivity index (χ2n) is 6.20. The number of amides is 1. The van der Waals surface area contributed by atoms with Crippen LogP contribution in [0.1, 0.15) is 10.5 Å². The van der Waals surface area contributed by atoms with Gasteiger partial charge in [-0.05, 0) is 54.6 Å². The summed E-state index contributed by atoms with van der Waals surface area (Å²) in [6, 6.07) is 28.1. The van der Waals surface area contributed by atoms with Gasteiger partial charge in [0.2, 0.25) is 0 Å². The number of ether oxygens (including phenoxy) is 1. The minimum atomic E-state index is -0.411. The van der Waals surface area contributed by atoms with Crippen LogP contribution in [-0.4, -0.2) is 15.7 Å². The maximum absolute atomic E-state index is 12.6. The van der Waals surface area contributed by atoms with Crippen molar-refractivity contribution in [2.45, 2.75) is 0 Å². The Labute approximate surface area is 167 Å². The quantitative estimate of drug-likeness (QED) is 0.558. The third-order valence-electron chi connectivity index (χ3n) is 4.12. The van der Waals surface area contributed by atoms with Crippen molar-refractivity contribution in [1.29, 1.82) is 0 Å². The Balaban J connectivity index is 1.49. The molecule has 0 aliphatic rings. The Bertz CT molecular complexity index is 1170. The number of carbonyl (C=O) groups is 1. The van der Waals surface area contributed by atoms with Crippen LogP contribution in [0.25, 0.3) is 5.69 Å². The van der Waals surface area contributed by atoms with E-state index in [2.05, 4.69) is 10.4 Å². The number of aromatic nitrogens is 2. The van der Waals surface area contributed by atoms with Gasteiger partial charge in [-0.25, -0.2) is 0 Å². The van der Waals surface area contributed by atoms with Crippen LogP contribution in [-0.2, 0) is 0 Å². The number of hydrogen-bond donors (Lipinski definition) is 1. The molecule has 0 radical (unpaired) electrons. The molecule has 1 N–H and O–H groups in total. The van der Waals surface area contributed by atoms with Crippen LogP contribution in [0.3, 0.4) is 0 Å². The van der Waals surface area contributed by atoms with Gasteiger partial charge in [0.05, 0.1) is 5.69 Å². The van der Waals surface area contributed by atoms with Gasteiger partial charge >= 0.3 is 0 Å². The van der Waals surface area contributed by atoms with Gasteiger partial charge in [-0.3, -0.25) is 9.59 Å². The van der Waals surface area contributed by atoms with Gasteiger partial charge in [-0.1, -0.05) is 36.4 Å². The van der Waals surface area contributed by atoms with Gasteiger partial charge in [0.1, 0.15) is 17.2 Å². The zero-order chi connectivity index (χ0) is 20.1. The Hall–Kier alpha value is -4.19. The number of benzene rings is 3. The van der Waals surface area contributed by atoms with E-state index in [1.54, 1.807) is 48.5 Å². The highest BCUT2D eigenvalue weighted by Gasteiger charge is 2.11. The number of rotatable bonds is 5. The predicted molar refractivity (Wildman–Crippen MR) is 111 cm³/mol. The van der Waals surface area contributed by atoms with Gasteiger partial charge in [-0.15, -0.1) is 0 Å². The molecule has 1 heterocycles. The van der Waals surface area contributed by atoms with Crippen LogP contribution in [0.2, 0.25) is 0 Å². The Morgan fingerprint density at radius 1 is 0.759 bits per heavy atom. The molecule has 0 saturated carbocycles. The first kappa shape index (κ1) is 18.2. The number of hydrogen-bond acceptors (Lipinski definition) is 4. The summed E-state index contributed by atoms with van der Waals surface area (Å²) in [6.45, 7) is 0. The average molecular weight is 383 g/mol. The molecular weight excluding hydrogens is 366 g/mol. The van der Waals surface area contributed by atoms with Crippen molar-refractivity contribution in [2.75, 3.05) is 5.32 Å². The number of nitrogens with one attached hydrogen (secondary N) is 1. The fourth-order valence-electron chi connectivity index (χ4n) is 2.71. The van der Waals surface area contributed by atoms with Crippen LogP contribution in [0, 0.1) is 0 Å². The van der Waals surface area contributed by atoms with E-state index in [0.29, 0.717) is 17.1 Å². The van der Waals surface area contributed by atoms with Crippen molar-refractivity contribution in [3.8, 4) is 17.2 Å². The zero-order valence-electron chi connectivity index (χ0n) is 15.4. The van der Waals surface area contributed by atoms with Crippen molar-refractivity contribution in [3.63, 3.8) is 0 Å². The van der Waals surface area contributed by atoms with Crippen LogP contribution in [0.5, 0.6) is 11.5 Å². The molecule has 0 aliphatic carbocycles.